The Morgan fingerprint density at radius 2 is 1.82 bits per heavy atom. The van der Waals surface area contributed by atoms with E-state index in [0.29, 0.717) is 23.4 Å². The van der Waals surface area contributed by atoms with E-state index in [2.05, 4.69) is 20.0 Å². The van der Waals surface area contributed by atoms with Crippen molar-refractivity contribution in [2.45, 2.75) is 37.5 Å². The van der Waals surface area contributed by atoms with Gasteiger partial charge in [0.05, 0.1) is 23.4 Å². The molecule has 1 aliphatic rings. The second kappa shape index (κ2) is 10.5. The predicted octanol–water partition coefficient (Wildman–Crippen LogP) is 4.38. The van der Waals surface area contributed by atoms with Crippen molar-refractivity contribution in [3.05, 3.63) is 48.4 Å². The van der Waals surface area contributed by atoms with E-state index >= 15 is 0 Å². The molecule has 0 unspecified atom stereocenters. The Bertz CT molecular complexity index is 1140. The van der Waals surface area contributed by atoms with Crippen molar-refractivity contribution in [3.8, 4) is 17.0 Å². The fourth-order valence-corrected chi connectivity index (χ4v) is 4.23. The number of pyridine rings is 1. The number of nitrogens with zero attached hydrogens (tertiary/aromatic N) is 4. The minimum atomic E-state index is -3.20. The second-order valence-corrected chi connectivity index (χ2v) is 10.5. The summed E-state index contributed by atoms with van der Waals surface area (Å²) in [7, 11) is -3.20. The lowest BCUT2D eigenvalue weighted by Gasteiger charge is -2.30. The van der Waals surface area contributed by atoms with Gasteiger partial charge in [0.15, 0.2) is 15.7 Å². The van der Waals surface area contributed by atoms with Crippen LogP contribution in [0.3, 0.4) is 0 Å². The first-order valence-electron chi connectivity index (χ1n) is 10.8. The van der Waals surface area contributed by atoms with Crippen LogP contribution >= 0.6 is 12.4 Å². The molecule has 1 aromatic carbocycles. The van der Waals surface area contributed by atoms with E-state index in [1.807, 2.05) is 26.0 Å². The smallest absolute Gasteiger partial charge is 0.324 e. The van der Waals surface area contributed by atoms with Crippen LogP contribution in [0.15, 0.2) is 52.0 Å². The number of hydrogen-bond donors (Lipinski definition) is 0. The van der Waals surface area contributed by atoms with Crippen LogP contribution in [0.1, 0.15) is 38.4 Å². The normalized spacial score (nSPS) is 14.8. The van der Waals surface area contributed by atoms with Crippen LogP contribution in [-0.4, -0.2) is 49.5 Å². The summed E-state index contributed by atoms with van der Waals surface area (Å²) in [6, 6.07) is 11.1. The SMILES string of the molecule is CC(C)c1noc(N2CCC(COc3ccc(-c4ccc(S(C)(=O)=O)cc4)nc3)CC2)n1.Cl. The molecule has 0 saturated carbocycles. The van der Waals surface area contributed by atoms with E-state index in [0.717, 1.165) is 48.8 Å². The Labute approximate surface area is 200 Å². The molecule has 4 rings (SSSR count). The fourth-order valence-electron chi connectivity index (χ4n) is 3.60. The highest BCUT2D eigenvalue weighted by Crippen LogP contribution is 2.25. The number of halogens is 1. The number of anilines is 1. The topological polar surface area (TPSA) is 98.4 Å². The number of benzene rings is 1. The summed E-state index contributed by atoms with van der Waals surface area (Å²) < 4.78 is 34.6. The maximum Gasteiger partial charge on any atom is 0.324 e. The van der Waals surface area contributed by atoms with Crippen LogP contribution in [0.4, 0.5) is 6.01 Å². The Morgan fingerprint density at radius 3 is 2.36 bits per heavy atom. The van der Waals surface area contributed by atoms with Crippen molar-refractivity contribution in [1.29, 1.82) is 0 Å². The Hall–Kier alpha value is -2.65. The minimum absolute atomic E-state index is 0. The van der Waals surface area contributed by atoms with Crippen LogP contribution in [-0.2, 0) is 9.84 Å². The zero-order valence-corrected chi connectivity index (χ0v) is 20.6. The highest BCUT2D eigenvalue weighted by atomic mass is 35.5. The molecule has 0 spiro atoms. The first kappa shape index (κ1) is 25.0. The summed E-state index contributed by atoms with van der Waals surface area (Å²) in [5.74, 6) is 2.18. The Morgan fingerprint density at radius 1 is 1.12 bits per heavy atom. The predicted molar refractivity (Wildman–Crippen MR) is 129 cm³/mol. The third kappa shape index (κ3) is 6.23. The van der Waals surface area contributed by atoms with Crippen molar-refractivity contribution in [1.82, 2.24) is 15.1 Å². The maximum absolute atomic E-state index is 11.6. The van der Waals surface area contributed by atoms with Gasteiger partial charge in [-0.15, -0.1) is 12.4 Å². The van der Waals surface area contributed by atoms with Crippen LogP contribution in [0, 0.1) is 5.92 Å². The monoisotopic (exact) mass is 492 g/mol. The fraction of sp³-hybridized carbons (Fsp3) is 0.435. The highest BCUT2D eigenvalue weighted by molar-refractivity contribution is 7.90. The lowest BCUT2D eigenvalue weighted by atomic mass is 9.98. The number of piperidine rings is 1. The Balaban J connectivity index is 0.00000306. The van der Waals surface area contributed by atoms with E-state index in [9.17, 15) is 8.42 Å². The summed E-state index contributed by atoms with van der Waals surface area (Å²) in [6.07, 6.45) is 4.90. The lowest BCUT2D eigenvalue weighted by molar-refractivity contribution is 0.219. The van der Waals surface area contributed by atoms with Crippen LogP contribution in [0.25, 0.3) is 11.3 Å². The summed E-state index contributed by atoms with van der Waals surface area (Å²) in [5.41, 5.74) is 1.63. The van der Waals surface area contributed by atoms with E-state index in [-0.39, 0.29) is 18.3 Å². The largest absolute Gasteiger partial charge is 0.492 e. The molecule has 1 aliphatic heterocycles. The molecule has 10 heteroatoms. The summed E-state index contributed by atoms with van der Waals surface area (Å²) in [6.45, 7) is 6.48. The van der Waals surface area contributed by atoms with Gasteiger partial charge in [-0.2, -0.15) is 4.98 Å². The van der Waals surface area contributed by atoms with Crippen LogP contribution in [0.2, 0.25) is 0 Å². The summed E-state index contributed by atoms with van der Waals surface area (Å²) >= 11 is 0. The molecule has 0 N–H and O–H groups in total. The zero-order chi connectivity index (χ0) is 22.7. The lowest BCUT2D eigenvalue weighted by Crippen LogP contribution is -2.35. The van der Waals surface area contributed by atoms with Crippen LogP contribution < -0.4 is 9.64 Å². The molecular formula is C23H29ClN4O4S. The van der Waals surface area contributed by atoms with Crippen LogP contribution in [0.5, 0.6) is 5.75 Å². The first-order valence-corrected chi connectivity index (χ1v) is 12.7. The molecule has 178 valence electrons. The molecule has 2 aromatic heterocycles. The summed E-state index contributed by atoms with van der Waals surface area (Å²) in [4.78, 5) is 11.4. The average molecular weight is 493 g/mol. The molecule has 0 radical (unpaired) electrons. The third-order valence-corrected chi connectivity index (χ3v) is 6.76. The van der Waals surface area contributed by atoms with Gasteiger partial charge in [0, 0.05) is 30.8 Å². The van der Waals surface area contributed by atoms with Crippen molar-refractivity contribution >= 4 is 28.3 Å². The molecule has 0 amide bonds. The van der Waals surface area contributed by atoms with E-state index in [1.165, 1.54) is 6.26 Å². The van der Waals surface area contributed by atoms with Crippen molar-refractivity contribution in [3.63, 3.8) is 0 Å². The maximum atomic E-state index is 11.6. The number of sulfone groups is 1. The highest BCUT2D eigenvalue weighted by Gasteiger charge is 2.24. The number of hydrogen-bond acceptors (Lipinski definition) is 8. The van der Waals surface area contributed by atoms with Crippen molar-refractivity contribution in [2.75, 3.05) is 30.9 Å². The van der Waals surface area contributed by atoms with Gasteiger partial charge in [-0.25, -0.2) is 8.42 Å². The molecule has 3 aromatic rings. The van der Waals surface area contributed by atoms with E-state index in [1.54, 1.807) is 30.5 Å². The van der Waals surface area contributed by atoms with Gasteiger partial charge in [-0.3, -0.25) is 4.98 Å². The molecule has 0 atom stereocenters. The second-order valence-electron chi connectivity index (χ2n) is 8.51. The minimum Gasteiger partial charge on any atom is -0.492 e. The number of aromatic nitrogens is 3. The molecular weight excluding hydrogens is 464 g/mol. The molecule has 0 bridgehead atoms. The molecule has 0 aliphatic carbocycles. The first-order chi connectivity index (χ1) is 15.3. The average Bonchev–Trinajstić information content (AvgIpc) is 3.29. The molecule has 33 heavy (non-hydrogen) atoms. The van der Waals surface area contributed by atoms with Crippen molar-refractivity contribution in [2.24, 2.45) is 5.92 Å². The molecule has 8 nitrogen and oxygen atoms in total. The quantitative estimate of drug-likeness (QED) is 0.479. The number of ether oxygens (including phenoxy) is 1. The summed E-state index contributed by atoms with van der Waals surface area (Å²) in [5, 5.41) is 4.04. The van der Waals surface area contributed by atoms with Gasteiger partial charge in [0.25, 0.3) is 0 Å². The van der Waals surface area contributed by atoms with Gasteiger partial charge in [0.2, 0.25) is 0 Å². The molecule has 3 heterocycles. The number of rotatable bonds is 7. The standard InChI is InChI=1S/C23H28N4O4S.ClH/c1-16(2)22-25-23(31-26-22)27-12-10-17(11-13-27)15-30-19-6-9-21(24-14-19)18-4-7-20(8-5-18)32(3,28)29;/h4-9,14,16-17H,10-13,15H2,1-3H3;1H. The third-order valence-electron chi connectivity index (χ3n) is 5.63. The van der Waals surface area contributed by atoms with Gasteiger partial charge in [0.1, 0.15) is 5.75 Å². The molecule has 1 saturated heterocycles. The Kier molecular flexibility index (Phi) is 7.97. The van der Waals surface area contributed by atoms with Crippen molar-refractivity contribution < 1.29 is 17.7 Å². The van der Waals surface area contributed by atoms with Gasteiger partial charge in [-0.1, -0.05) is 31.1 Å². The van der Waals surface area contributed by atoms with E-state index < -0.39 is 9.84 Å². The zero-order valence-electron chi connectivity index (χ0n) is 19.0. The van der Waals surface area contributed by atoms with Gasteiger partial charge in [-0.05, 0) is 43.0 Å². The molecule has 1 fully saturated rings. The van der Waals surface area contributed by atoms with Gasteiger partial charge < -0.3 is 14.2 Å². The van der Waals surface area contributed by atoms with E-state index in [4.69, 9.17) is 9.26 Å². The van der Waals surface area contributed by atoms with Gasteiger partial charge >= 0.3 is 6.01 Å².